The molecular weight excluding hydrogens is 364 g/mol. The number of anilines is 1. The highest BCUT2D eigenvalue weighted by molar-refractivity contribution is 6.51. The van der Waals surface area contributed by atoms with Crippen LogP contribution >= 0.6 is 0 Å². The summed E-state index contributed by atoms with van der Waals surface area (Å²) in [6.07, 6.45) is 3.24. The lowest BCUT2D eigenvalue weighted by atomic mass is 9.95. The van der Waals surface area contributed by atoms with Gasteiger partial charge in [-0.3, -0.25) is 19.5 Å². The first-order valence-electron chi connectivity index (χ1n) is 9.32. The number of pyridine rings is 1. The lowest BCUT2D eigenvalue weighted by Crippen LogP contribution is -2.29. The van der Waals surface area contributed by atoms with E-state index < -0.39 is 17.7 Å². The van der Waals surface area contributed by atoms with E-state index in [1.165, 1.54) is 4.90 Å². The Morgan fingerprint density at radius 1 is 0.966 bits per heavy atom. The average molecular weight is 384 g/mol. The summed E-state index contributed by atoms with van der Waals surface area (Å²) in [7, 11) is 0. The summed E-state index contributed by atoms with van der Waals surface area (Å²) in [5, 5.41) is 11.1. The number of rotatable bonds is 3. The number of nitrogens with zero attached hydrogens (tertiary/aromatic N) is 2. The summed E-state index contributed by atoms with van der Waals surface area (Å²) >= 11 is 0. The van der Waals surface area contributed by atoms with Crippen LogP contribution in [0.3, 0.4) is 0 Å². The first-order chi connectivity index (χ1) is 14.0. The Bertz CT molecular complexity index is 1120. The van der Waals surface area contributed by atoms with Gasteiger partial charge in [-0.15, -0.1) is 0 Å². The molecule has 0 bridgehead atoms. The summed E-state index contributed by atoms with van der Waals surface area (Å²) in [6.45, 7) is 3.91. The molecule has 1 N–H and O–H groups in total. The number of carbonyl (C=O) groups excluding carboxylic acids is 2. The summed E-state index contributed by atoms with van der Waals surface area (Å²) in [6, 6.07) is 17.2. The number of aliphatic hydroxyl groups is 1. The summed E-state index contributed by atoms with van der Waals surface area (Å²) < 4.78 is 0. The van der Waals surface area contributed by atoms with Gasteiger partial charge >= 0.3 is 0 Å². The number of hydrogen-bond acceptors (Lipinski definition) is 4. The molecule has 144 valence electrons. The Labute approximate surface area is 169 Å². The molecule has 2 heterocycles. The van der Waals surface area contributed by atoms with Crippen molar-refractivity contribution in [3.05, 3.63) is 101 Å². The normalized spacial score (nSPS) is 18.3. The molecule has 4 rings (SSSR count). The van der Waals surface area contributed by atoms with E-state index in [1.54, 1.807) is 54.9 Å². The maximum absolute atomic E-state index is 13.0. The van der Waals surface area contributed by atoms with Gasteiger partial charge in [-0.1, -0.05) is 36.4 Å². The fraction of sp³-hybridized carbons (Fsp3) is 0.125. The van der Waals surface area contributed by atoms with Gasteiger partial charge in [0.25, 0.3) is 11.7 Å². The van der Waals surface area contributed by atoms with Crippen LogP contribution in [0.1, 0.15) is 28.3 Å². The zero-order chi connectivity index (χ0) is 20.5. The van der Waals surface area contributed by atoms with Crippen LogP contribution in [0.5, 0.6) is 0 Å². The number of ketones is 1. The number of benzene rings is 2. The number of amides is 1. The number of carbonyl (C=O) groups is 2. The van der Waals surface area contributed by atoms with Gasteiger partial charge in [-0.25, -0.2) is 0 Å². The van der Waals surface area contributed by atoms with E-state index in [-0.39, 0.29) is 11.3 Å². The Morgan fingerprint density at radius 2 is 1.72 bits per heavy atom. The molecule has 1 fully saturated rings. The first-order valence-corrected chi connectivity index (χ1v) is 9.32. The standard InChI is InChI=1S/C24H20N2O3/c1-15-10-11-17(13-16(15)2)22(27)20-21(18-7-6-12-25-14-18)26(24(29)23(20)28)19-8-4-3-5-9-19/h3-14,21,27H,1-2H3/b22-20-. The zero-order valence-electron chi connectivity index (χ0n) is 16.2. The third-order valence-electron chi connectivity index (χ3n) is 5.26. The molecule has 0 radical (unpaired) electrons. The quantitative estimate of drug-likeness (QED) is 0.415. The van der Waals surface area contributed by atoms with Crippen molar-refractivity contribution in [1.82, 2.24) is 4.98 Å². The van der Waals surface area contributed by atoms with Crippen molar-refractivity contribution in [1.29, 1.82) is 0 Å². The predicted molar refractivity (Wildman–Crippen MR) is 111 cm³/mol. The highest BCUT2D eigenvalue weighted by atomic mass is 16.3. The van der Waals surface area contributed by atoms with Gasteiger partial charge in [0.1, 0.15) is 5.76 Å². The highest BCUT2D eigenvalue weighted by Gasteiger charge is 2.47. The smallest absolute Gasteiger partial charge is 0.300 e. The van der Waals surface area contributed by atoms with E-state index in [1.807, 2.05) is 32.0 Å². The number of para-hydroxylation sites is 1. The molecule has 0 aliphatic carbocycles. The molecule has 2 aromatic carbocycles. The topological polar surface area (TPSA) is 70.5 Å². The summed E-state index contributed by atoms with van der Waals surface area (Å²) in [5.41, 5.74) is 3.88. The van der Waals surface area contributed by atoms with Crippen molar-refractivity contribution < 1.29 is 14.7 Å². The van der Waals surface area contributed by atoms with Crippen LogP contribution in [0.25, 0.3) is 5.76 Å². The molecule has 5 heteroatoms. The van der Waals surface area contributed by atoms with Crippen molar-refractivity contribution >= 4 is 23.1 Å². The van der Waals surface area contributed by atoms with Crippen LogP contribution in [0, 0.1) is 13.8 Å². The monoisotopic (exact) mass is 384 g/mol. The van der Waals surface area contributed by atoms with Gasteiger partial charge in [-0.2, -0.15) is 0 Å². The lowest BCUT2D eigenvalue weighted by Gasteiger charge is -2.25. The van der Waals surface area contributed by atoms with Crippen LogP contribution in [-0.4, -0.2) is 21.8 Å². The Kier molecular flexibility index (Phi) is 4.72. The van der Waals surface area contributed by atoms with Crippen molar-refractivity contribution in [2.24, 2.45) is 0 Å². The molecular formula is C24H20N2O3. The minimum atomic E-state index is -0.757. The van der Waals surface area contributed by atoms with Crippen molar-refractivity contribution in [2.45, 2.75) is 19.9 Å². The zero-order valence-corrected chi connectivity index (χ0v) is 16.2. The molecule has 1 aromatic heterocycles. The number of hydrogen-bond donors (Lipinski definition) is 1. The van der Waals surface area contributed by atoms with Gasteiger partial charge in [0, 0.05) is 23.6 Å². The average Bonchev–Trinajstić information content (AvgIpc) is 3.01. The maximum Gasteiger partial charge on any atom is 0.300 e. The van der Waals surface area contributed by atoms with Gasteiger partial charge in [0.15, 0.2) is 0 Å². The number of Topliss-reactive ketones (excluding diaryl/α,β-unsaturated/α-hetero) is 1. The Balaban J connectivity index is 1.95. The highest BCUT2D eigenvalue weighted by Crippen LogP contribution is 2.41. The molecule has 1 unspecified atom stereocenters. The van der Waals surface area contributed by atoms with Crippen molar-refractivity contribution in [3.8, 4) is 0 Å². The second-order valence-corrected chi connectivity index (χ2v) is 7.09. The SMILES string of the molecule is Cc1ccc(/C(O)=C2/C(=O)C(=O)N(c3ccccc3)C2c2cccnc2)cc1C. The molecule has 1 aliphatic heterocycles. The molecule has 3 aromatic rings. The van der Waals surface area contributed by atoms with Gasteiger partial charge < -0.3 is 5.11 Å². The van der Waals surface area contributed by atoms with Gasteiger partial charge in [0.2, 0.25) is 0 Å². The number of aryl methyl sites for hydroxylation is 2. The molecule has 0 saturated carbocycles. The van der Waals surface area contributed by atoms with Gasteiger partial charge in [-0.05, 0) is 54.8 Å². The molecule has 1 aliphatic rings. The van der Waals surface area contributed by atoms with E-state index in [0.717, 1.165) is 11.1 Å². The largest absolute Gasteiger partial charge is 0.507 e. The number of aliphatic hydroxyl groups excluding tert-OH is 1. The van der Waals surface area contributed by atoms with E-state index in [9.17, 15) is 14.7 Å². The third kappa shape index (κ3) is 3.21. The minimum Gasteiger partial charge on any atom is -0.507 e. The Hall–Kier alpha value is -3.73. The van der Waals surface area contributed by atoms with Crippen LogP contribution in [0.4, 0.5) is 5.69 Å². The van der Waals surface area contributed by atoms with E-state index >= 15 is 0 Å². The second kappa shape index (κ2) is 7.36. The van der Waals surface area contributed by atoms with Gasteiger partial charge in [0.05, 0.1) is 11.6 Å². The number of aromatic nitrogens is 1. The lowest BCUT2D eigenvalue weighted by molar-refractivity contribution is -0.132. The van der Waals surface area contributed by atoms with Crippen LogP contribution < -0.4 is 4.90 Å². The maximum atomic E-state index is 13.0. The Morgan fingerprint density at radius 3 is 2.38 bits per heavy atom. The fourth-order valence-corrected chi connectivity index (χ4v) is 3.58. The van der Waals surface area contributed by atoms with E-state index in [0.29, 0.717) is 16.8 Å². The first kappa shape index (κ1) is 18.6. The molecule has 5 nitrogen and oxygen atoms in total. The molecule has 1 atom stereocenters. The molecule has 0 spiro atoms. The van der Waals surface area contributed by atoms with Crippen LogP contribution in [0.2, 0.25) is 0 Å². The van der Waals surface area contributed by atoms with Crippen LogP contribution in [-0.2, 0) is 9.59 Å². The second-order valence-electron chi connectivity index (χ2n) is 7.09. The summed E-state index contributed by atoms with van der Waals surface area (Å²) in [4.78, 5) is 31.5. The van der Waals surface area contributed by atoms with Crippen LogP contribution in [0.15, 0.2) is 78.6 Å². The third-order valence-corrected chi connectivity index (χ3v) is 5.26. The van der Waals surface area contributed by atoms with E-state index in [2.05, 4.69) is 4.98 Å². The molecule has 29 heavy (non-hydrogen) atoms. The molecule has 1 saturated heterocycles. The molecule has 1 amide bonds. The minimum absolute atomic E-state index is 0.0649. The van der Waals surface area contributed by atoms with E-state index in [4.69, 9.17) is 0 Å². The van der Waals surface area contributed by atoms with Crippen molar-refractivity contribution in [2.75, 3.05) is 4.90 Å². The fourth-order valence-electron chi connectivity index (χ4n) is 3.58. The van der Waals surface area contributed by atoms with Crippen molar-refractivity contribution in [3.63, 3.8) is 0 Å². The predicted octanol–water partition coefficient (Wildman–Crippen LogP) is 4.32. The summed E-state index contributed by atoms with van der Waals surface area (Å²) in [5.74, 6) is -1.56.